The number of benzene rings is 1. The minimum atomic E-state index is -0.445. The number of nitrogens with two attached hydrogens (primary N) is 1. The Morgan fingerprint density at radius 3 is 2.65 bits per heavy atom. The van der Waals surface area contributed by atoms with Crippen LogP contribution in [0.4, 0.5) is 0 Å². The molecule has 7 nitrogen and oxygen atoms in total. The van der Waals surface area contributed by atoms with Gasteiger partial charge in [0.1, 0.15) is 12.4 Å². The van der Waals surface area contributed by atoms with E-state index >= 15 is 0 Å². The van der Waals surface area contributed by atoms with Gasteiger partial charge in [-0.3, -0.25) is 14.8 Å². The average Bonchev–Trinajstić information content (AvgIpc) is 2.67. The normalized spacial score (nSPS) is 11.0. The zero-order valence-corrected chi connectivity index (χ0v) is 15.6. The highest BCUT2D eigenvalue weighted by Gasteiger charge is 2.19. The van der Waals surface area contributed by atoms with Crippen molar-refractivity contribution in [1.82, 2.24) is 10.8 Å². The number of rotatable bonds is 11. The Labute approximate surface area is 158 Å². The molecular formula is C18H25N3O4S. The van der Waals surface area contributed by atoms with Crippen LogP contribution < -0.4 is 21.3 Å². The third kappa shape index (κ3) is 8.76. The van der Waals surface area contributed by atoms with Crippen LogP contribution in [0.1, 0.15) is 26.2 Å². The fourth-order valence-electron chi connectivity index (χ4n) is 2.04. The molecule has 0 aliphatic heterocycles. The lowest BCUT2D eigenvalue weighted by atomic mass is 10.2. The van der Waals surface area contributed by atoms with Crippen LogP contribution in [0.3, 0.4) is 0 Å². The van der Waals surface area contributed by atoms with Crippen LogP contribution in [0, 0.1) is 11.8 Å². The molecule has 5 N–H and O–H groups in total. The molecule has 0 saturated carbocycles. The fraction of sp³-hybridized carbons (Fsp3) is 0.444. The van der Waals surface area contributed by atoms with Crippen molar-refractivity contribution in [3.05, 3.63) is 24.3 Å². The summed E-state index contributed by atoms with van der Waals surface area (Å²) in [5.41, 5.74) is 6.93. The first kappa shape index (κ1) is 21.8. The molecule has 1 aromatic carbocycles. The third-order valence-corrected chi connectivity index (χ3v) is 4.67. The van der Waals surface area contributed by atoms with Gasteiger partial charge in [-0.05, 0) is 44.0 Å². The van der Waals surface area contributed by atoms with Gasteiger partial charge in [-0.1, -0.05) is 12.3 Å². The Hall–Kier alpha value is -2.21. The number of hydroxylamine groups is 1. The molecule has 1 aromatic rings. The van der Waals surface area contributed by atoms with Gasteiger partial charge < -0.3 is 15.8 Å². The van der Waals surface area contributed by atoms with Crippen molar-refractivity contribution in [3.63, 3.8) is 0 Å². The molecule has 26 heavy (non-hydrogen) atoms. The van der Waals surface area contributed by atoms with E-state index < -0.39 is 11.2 Å². The predicted octanol–water partition coefficient (Wildman–Crippen LogP) is 1.30. The van der Waals surface area contributed by atoms with E-state index in [1.807, 2.05) is 24.3 Å². The minimum absolute atomic E-state index is 0.0316. The number of carbonyl (C=O) groups is 2. The molecule has 0 aliphatic carbocycles. The van der Waals surface area contributed by atoms with Crippen molar-refractivity contribution in [2.24, 2.45) is 5.73 Å². The number of unbranched alkanes of at least 4 members (excludes halogenated alkanes) is 1. The molecule has 8 heteroatoms. The van der Waals surface area contributed by atoms with Gasteiger partial charge in [0, 0.05) is 11.4 Å². The largest absolute Gasteiger partial charge is 0.481 e. The number of ether oxygens (including phenoxy) is 1. The summed E-state index contributed by atoms with van der Waals surface area (Å²) in [6.45, 7) is 2.57. The van der Waals surface area contributed by atoms with Gasteiger partial charge >= 0.3 is 0 Å². The summed E-state index contributed by atoms with van der Waals surface area (Å²) in [4.78, 5) is 23.8. The van der Waals surface area contributed by atoms with E-state index in [2.05, 4.69) is 17.2 Å². The van der Waals surface area contributed by atoms with E-state index in [0.717, 1.165) is 17.7 Å². The molecule has 0 spiro atoms. The molecule has 142 valence electrons. The number of hydrogen-bond acceptors (Lipinski definition) is 6. The van der Waals surface area contributed by atoms with E-state index in [-0.39, 0.29) is 12.5 Å². The van der Waals surface area contributed by atoms with Crippen molar-refractivity contribution in [1.29, 1.82) is 0 Å². The highest BCUT2D eigenvalue weighted by molar-refractivity contribution is 8.00. The zero-order chi connectivity index (χ0) is 19.2. The lowest BCUT2D eigenvalue weighted by Crippen LogP contribution is -2.32. The minimum Gasteiger partial charge on any atom is -0.481 e. The van der Waals surface area contributed by atoms with E-state index in [9.17, 15) is 9.59 Å². The van der Waals surface area contributed by atoms with Crippen molar-refractivity contribution in [2.75, 3.05) is 19.7 Å². The van der Waals surface area contributed by atoms with Crippen LogP contribution in [-0.2, 0) is 9.59 Å². The summed E-state index contributed by atoms with van der Waals surface area (Å²) in [5.74, 6) is 5.64. The predicted molar refractivity (Wildman–Crippen MR) is 101 cm³/mol. The highest BCUT2D eigenvalue weighted by atomic mass is 32.2. The molecular weight excluding hydrogens is 354 g/mol. The smallest absolute Gasteiger partial charge is 0.256 e. The molecule has 1 atom stereocenters. The molecule has 2 amide bonds. The standard InChI is InChI=1S/C18H25N3O4S/c1-2-3-12-25-14-7-9-15(10-8-14)26-16(18(23)21-24)6-4-5-11-20-17(22)13-19/h7-10,16,24H,4-6,11-13,19H2,1H3,(H,20,22)(H,21,23). The summed E-state index contributed by atoms with van der Waals surface area (Å²) in [6.07, 6.45) is 2.03. The Bertz CT molecular complexity index is 626. The summed E-state index contributed by atoms with van der Waals surface area (Å²) in [7, 11) is 0. The van der Waals surface area contributed by atoms with Gasteiger partial charge in [-0.25, -0.2) is 5.48 Å². The highest BCUT2D eigenvalue weighted by Crippen LogP contribution is 2.28. The summed E-state index contributed by atoms with van der Waals surface area (Å²) in [6, 6.07) is 7.35. The van der Waals surface area contributed by atoms with E-state index in [0.29, 0.717) is 25.3 Å². The summed E-state index contributed by atoms with van der Waals surface area (Å²) >= 11 is 1.36. The number of nitrogens with one attached hydrogen (secondary N) is 2. The molecule has 0 bridgehead atoms. The third-order valence-electron chi connectivity index (χ3n) is 3.39. The molecule has 0 aliphatic rings. The van der Waals surface area contributed by atoms with E-state index in [1.165, 1.54) is 11.8 Å². The van der Waals surface area contributed by atoms with Crippen LogP contribution in [-0.4, -0.2) is 42.0 Å². The lowest BCUT2D eigenvalue weighted by molar-refractivity contribution is -0.128. The van der Waals surface area contributed by atoms with Gasteiger partial charge in [-0.15, -0.1) is 17.7 Å². The van der Waals surface area contributed by atoms with Gasteiger partial charge in [0.25, 0.3) is 5.91 Å². The first-order valence-electron chi connectivity index (χ1n) is 8.30. The number of carbonyl (C=O) groups excluding carboxylic acids is 2. The maximum absolute atomic E-state index is 11.9. The van der Waals surface area contributed by atoms with Gasteiger partial charge in [0.2, 0.25) is 5.91 Å². The maximum Gasteiger partial charge on any atom is 0.256 e. The summed E-state index contributed by atoms with van der Waals surface area (Å²) in [5, 5.41) is 11.2. The Morgan fingerprint density at radius 1 is 1.31 bits per heavy atom. The first-order valence-corrected chi connectivity index (χ1v) is 9.18. The molecule has 0 radical (unpaired) electrons. The lowest BCUT2D eigenvalue weighted by Gasteiger charge is -2.15. The SMILES string of the molecule is CC#CCOc1ccc(SC(CCCCNC(=O)CN)C(=O)NO)cc1. The second-order valence-corrected chi connectivity index (χ2v) is 6.60. The van der Waals surface area contributed by atoms with Crippen molar-refractivity contribution >= 4 is 23.6 Å². The Kier molecular flexibility index (Phi) is 11.0. The van der Waals surface area contributed by atoms with Crippen molar-refractivity contribution < 1.29 is 19.5 Å². The second-order valence-electron chi connectivity index (χ2n) is 5.32. The second kappa shape index (κ2) is 13.1. The average molecular weight is 379 g/mol. The topological polar surface area (TPSA) is 114 Å². The van der Waals surface area contributed by atoms with Gasteiger partial charge in [-0.2, -0.15) is 0 Å². The molecule has 0 fully saturated rings. The van der Waals surface area contributed by atoms with Gasteiger partial charge in [0.15, 0.2) is 0 Å². The van der Waals surface area contributed by atoms with E-state index in [1.54, 1.807) is 12.4 Å². The van der Waals surface area contributed by atoms with Crippen LogP contribution in [0.5, 0.6) is 5.75 Å². The number of hydrogen-bond donors (Lipinski definition) is 4. The summed E-state index contributed by atoms with van der Waals surface area (Å²) < 4.78 is 5.45. The van der Waals surface area contributed by atoms with Crippen molar-refractivity contribution in [2.45, 2.75) is 36.3 Å². The Morgan fingerprint density at radius 2 is 2.04 bits per heavy atom. The Balaban J connectivity index is 2.49. The number of thioether (sulfide) groups is 1. The monoisotopic (exact) mass is 379 g/mol. The van der Waals surface area contributed by atoms with Crippen molar-refractivity contribution in [3.8, 4) is 17.6 Å². The first-order chi connectivity index (χ1) is 12.6. The molecule has 1 rings (SSSR count). The molecule has 0 aromatic heterocycles. The molecule has 0 heterocycles. The van der Waals surface area contributed by atoms with Crippen LogP contribution in [0.15, 0.2) is 29.2 Å². The molecule has 1 unspecified atom stereocenters. The zero-order valence-electron chi connectivity index (χ0n) is 14.8. The van der Waals surface area contributed by atoms with Crippen LogP contribution in [0.25, 0.3) is 0 Å². The quantitative estimate of drug-likeness (QED) is 0.152. The van der Waals surface area contributed by atoms with E-state index in [4.69, 9.17) is 15.7 Å². The maximum atomic E-state index is 11.9. The number of amides is 2. The van der Waals surface area contributed by atoms with Crippen LogP contribution >= 0.6 is 11.8 Å². The molecule has 0 saturated heterocycles. The fourth-order valence-corrected chi connectivity index (χ4v) is 3.11. The van der Waals surface area contributed by atoms with Crippen LogP contribution in [0.2, 0.25) is 0 Å². The van der Waals surface area contributed by atoms with Gasteiger partial charge in [0.05, 0.1) is 11.8 Å².